The monoisotopic (exact) mass is 336 g/mol. The molecule has 2 atom stereocenters. The van der Waals surface area contributed by atoms with Gasteiger partial charge in [-0.15, -0.1) is 0 Å². The van der Waals surface area contributed by atoms with Gasteiger partial charge in [-0.2, -0.15) is 5.10 Å². The molecule has 7 nitrogen and oxygen atoms in total. The van der Waals surface area contributed by atoms with Crippen molar-refractivity contribution in [3.63, 3.8) is 0 Å². The summed E-state index contributed by atoms with van der Waals surface area (Å²) >= 11 is 0. The highest BCUT2D eigenvalue weighted by Gasteiger charge is 2.42. The zero-order valence-corrected chi connectivity index (χ0v) is 13.5. The average molecular weight is 336 g/mol. The van der Waals surface area contributed by atoms with Crippen molar-refractivity contribution in [3.05, 3.63) is 81.9 Å². The zero-order chi connectivity index (χ0) is 17.8. The summed E-state index contributed by atoms with van der Waals surface area (Å²) in [6.07, 6.45) is 0. The van der Waals surface area contributed by atoms with Crippen LogP contribution in [0.5, 0.6) is 0 Å². The average Bonchev–Trinajstić information content (AvgIpc) is 2.64. The number of amidine groups is 1. The van der Waals surface area contributed by atoms with Gasteiger partial charge in [0.2, 0.25) is 5.78 Å². The third kappa shape index (κ3) is 3.45. The number of nitrogens with one attached hydrogen (secondary N) is 1. The molecular weight excluding hydrogens is 320 g/mol. The van der Waals surface area contributed by atoms with Crippen LogP contribution in [0.1, 0.15) is 22.8 Å². The molecule has 0 amide bonds. The van der Waals surface area contributed by atoms with Gasteiger partial charge in [-0.3, -0.25) is 20.3 Å². The van der Waals surface area contributed by atoms with E-state index in [9.17, 15) is 14.9 Å². The van der Waals surface area contributed by atoms with E-state index in [0.29, 0.717) is 11.5 Å². The third-order valence-corrected chi connectivity index (χ3v) is 3.93. The molecule has 1 aliphatic heterocycles. The van der Waals surface area contributed by atoms with Crippen molar-refractivity contribution in [2.75, 3.05) is 0 Å². The van der Waals surface area contributed by atoms with Gasteiger partial charge in [0, 0.05) is 16.1 Å². The molecule has 2 unspecified atom stereocenters. The Kier molecular flexibility index (Phi) is 4.65. The van der Waals surface area contributed by atoms with Gasteiger partial charge in [-0.25, -0.2) is 4.99 Å². The van der Waals surface area contributed by atoms with Crippen molar-refractivity contribution >= 4 is 17.3 Å². The number of aliphatic imine (C=N–C) groups is 1. The van der Waals surface area contributed by atoms with Crippen LogP contribution in [0.2, 0.25) is 0 Å². The smallest absolute Gasteiger partial charge is 0.286 e. The quantitative estimate of drug-likeness (QED) is 0.515. The highest BCUT2D eigenvalue weighted by Crippen LogP contribution is 2.17. The number of nitrogens with zero attached hydrogens (tertiary/aromatic N) is 3. The first-order valence-electron chi connectivity index (χ1n) is 7.74. The Balaban J connectivity index is 1.98. The lowest BCUT2D eigenvalue weighted by atomic mass is 9.95. The van der Waals surface area contributed by atoms with Crippen LogP contribution < -0.4 is 5.43 Å². The molecule has 3 rings (SSSR count). The molecule has 1 aliphatic rings. The van der Waals surface area contributed by atoms with Gasteiger partial charge in [0.1, 0.15) is 5.84 Å². The van der Waals surface area contributed by atoms with Crippen molar-refractivity contribution in [1.29, 1.82) is 0 Å². The standard InChI is InChI=1S/C18H16N4O3/c1-12-15(19-18(21-20-12)14-10-6-3-7-11-14)16(22(24)25)17(23)13-8-4-2-5-9-13/h2-11,15-16H,1H3,(H,19,21). The molecule has 0 bridgehead atoms. The number of benzene rings is 2. The Hall–Kier alpha value is -3.35. The maximum atomic E-state index is 12.7. The number of ketones is 1. The maximum absolute atomic E-state index is 12.7. The van der Waals surface area contributed by atoms with Crippen LogP contribution in [0.15, 0.2) is 70.8 Å². The Labute approximate surface area is 144 Å². The summed E-state index contributed by atoms with van der Waals surface area (Å²) in [5, 5.41) is 15.8. The van der Waals surface area contributed by atoms with Crippen LogP contribution in [0.4, 0.5) is 0 Å². The van der Waals surface area contributed by atoms with Crippen molar-refractivity contribution < 1.29 is 9.72 Å². The summed E-state index contributed by atoms with van der Waals surface area (Å²) in [6.45, 7) is 1.62. The van der Waals surface area contributed by atoms with Gasteiger partial charge in [0.25, 0.3) is 0 Å². The van der Waals surface area contributed by atoms with E-state index < -0.39 is 22.8 Å². The molecule has 0 aromatic heterocycles. The number of hydrazone groups is 1. The minimum Gasteiger partial charge on any atom is -0.286 e. The SMILES string of the molecule is CC1=NNC(c2ccccc2)=NC1C(C(=O)c1ccccc1)[N+](=O)[O-]. The van der Waals surface area contributed by atoms with E-state index >= 15 is 0 Å². The van der Waals surface area contributed by atoms with E-state index in [1.54, 1.807) is 37.3 Å². The summed E-state index contributed by atoms with van der Waals surface area (Å²) in [4.78, 5) is 28.2. The van der Waals surface area contributed by atoms with E-state index in [-0.39, 0.29) is 5.56 Å². The van der Waals surface area contributed by atoms with E-state index in [1.165, 1.54) is 0 Å². The van der Waals surface area contributed by atoms with E-state index in [1.807, 2.05) is 30.3 Å². The van der Waals surface area contributed by atoms with Gasteiger partial charge < -0.3 is 0 Å². The molecule has 126 valence electrons. The highest BCUT2D eigenvalue weighted by molar-refractivity contribution is 6.08. The van der Waals surface area contributed by atoms with Gasteiger partial charge >= 0.3 is 6.04 Å². The number of hydrogen-bond acceptors (Lipinski definition) is 6. The van der Waals surface area contributed by atoms with Crippen molar-refractivity contribution in [1.82, 2.24) is 5.43 Å². The second kappa shape index (κ2) is 7.04. The van der Waals surface area contributed by atoms with Gasteiger partial charge in [0.15, 0.2) is 6.04 Å². The van der Waals surface area contributed by atoms with E-state index in [0.717, 1.165) is 5.56 Å². The van der Waals surface area contributed by atoms with Crippen molar-refractivity contribution in [3.8, 4) is 0 Å². The van der Waals surface area contributed by atoms with E-state index in [2.05, 4.69) is 15.5 Å². The summed E-state index contributed by atoms with van der Waals surface area (Å²) in [5.41, 5.74) is 4.22. The topological polar surface area (TPSA) is 97.0 Å². The summed E-state index contributed by atoms with van der Waals surface area (Å²) in [6, 6.07) is 14.9. The fourth-order valence-corrected chi connectivity index (χ4v) is 2.63. The Morgan fingerprint density at radius 2 is 1.72 bits per heavy atom. The Bertz CT molecular complexity index is 847. The van der Waals surface area contributed by atoms with Crippen LogP contribution in [0.25, 0.3) is 0 Å². The van der Waals surface area contributed by atoms with Crippen LogP contribution in [-0.2, 0) is 0 Å². The number of rotatable bonds is 5. The van der Waals surface area contributed by atoms with Crippen molar-refractivity contribution in [2.45, 2.75) is 19.0 Å². The highest BCUT2D eigenvalue weighted by atomic mass is 16.6. The largest absolute Gasteiger partial charge is 0.302 e. The van der Waals surface area contributed by atoms with Crippen LogP contribution in [0.3, 0.4) is 0 Å². The second-order valence-corrected chi connectivity index (χ2v) is 5.61. The lowest BCUT2D eigenvalue weighted by molar-refractivity contribution is -0.505. The third-order valence-electron chi connectivity index (χ3n) is 3.93. The fourth-order valence-electron chi connectivity index (χ4n) is 2.63. The summed E-state index contributed by atoms with van der Waals surface area (Å²) in [7, 11) is 0. The molecule has 0 fully saturated rings. The summed E-state index contributed by atoms with van der Waals surface area (Å²) < 4.78 is 0. The Morgan fingerprint density at radius 1 is 1.12 bits per heavy atom. The number of nitro groups is 1. The van der Waals surface area contributed by atoms with E-state index in [4.69, 9.17) is 0 Å². The fraction of sp³-hybridized carbons (Fsp3) is 0.167. The lowest BCUT2D eigenvalue weighted by Crippen LogP contribution is -2.47. The first-order valence-corrected chi connectivity index (χ1v) is 7.74. The molecule has 2 aromatic rings. The molecule has 1 N–H and O–H groups in total. The molecule has 0 spiro atoms. The predicted molar refractivity (Wildman–Crippen MR) is 94.6 cm³/mol. The molecule has 0 saturated carbocycles. The lowest BCUT2D eigenvalue weighted by Gasteiger charge is -2.22. The number of carbonyl (C=O) groups is 1. The van der Waals surface area contributed by atoms with Crippen molar-refractivity contribution in [2.24, 2.45) is 10.1 Å². The molecule has 0 radical (unpaired) electrons. The molecule has 25 heavy (non-hydrogen) atoms. The first-order chi connectivity index (χ1) is 12.1. The van der Waals surface area contributed by atoms with Gasteiger partial charge in [-0.1, -0.05) is 60.7 Å². The molecule has 0 aliphatic carbocycles. The zero-order valence-electron chi connectivity index (χ0n) is 13.5. The molecule has 7 heteroatoms. The number of carbonyl (C=O) groups excluding carboxylic acids is 1. The Morgan fingerprint density at radius 3 is 2.32 bits per heavy atom. The van der Waals surface area contributed by atoms with Crippen LogP contribution in [-0.4, -0.2) is 34.3 Å². The number of hydrogen-bond donors (Lipinski definition) is 1. The normalized spacial score (nSPS) is 17.7. The number of Topliss-reactive ketones (excluding diaryl/α,β-unsaturated/α-hetero) is 1. The molecule has 1 heterocycles. The van der Waals surface area contributed by atoms with Crippen LogP contribution >= 0.6 is 0 Å². The maximum Gasteiger partial charge on any atom is 0.302 e. The van der Waals surface area contributed by atoms with Crippen LogP contribution in [0, 0.1) is 10.1 Å². The second-order valence-electron chi connectivity index (χ2n) is 5.61. The van der Waals surface area contributed by atoms with Gasteiger partial charge in [0.05, 0.1) is 5.71 Å². The summed E-state index contributed by atoms with van der Waals surface area (Å²) in [5.74, 6) is -0.174. The van der Waals surface area contributed by atoms with Gasteiger partial charge in [-0.05, 0) is 6.92 Å². The minimum absolute atomic E-state index is 0.284. The molecule has 2 aromatic carbocycles. The first kappa shape index (κ1) is 16.5. The molecule has 0 saturated heterocycles. The predicted octanol–water partition coefficient (Wildman–Crippen LogP) is 2.31. The minimum atomic E-state index is -1.52. The molecular formula is C18H16N4O3.